The summed E-state index contributed by atoms with van der Waals surface area (Å²) in [6.07, 6.45) is 0.622. The summed E-state index contributed by atoms with van der Waals surface area (Å²) in [5, 5.41) is 20.4. The van der Waals surface area contributed by atoms with Gasteiger partial charge in [-0.3, -0.25) is 15.0 Å². The van der Waals surface area contributed by atoms with E-state index in [1.54, 1.807) is 13.0 Å². The average molecular weight is 379 g/mol. The molecule has 0 saturated carbocycles. The Labute approximate surface area is 164 Å². The van der Waals surface area contributed by atoms with Crippen LogP contribution < -0.4 is 11.1 Å². The number of nitrogens with two attached hydrogens (primary N) is 1. The molecule has 6 heteroatoms. The second-order valence-electron chi connectivity index (χ2n) is 6.63. The largest absolute Gasteiger partial charge is 0.481 e. The van der Waals surface area contributed by atoms with Gasteiger partial charge in [0, 0.05) is 29.9 Å². The molecule has 0 aliphatic heterocycles. The number of hydrogen-bond acceptors (Lipinski definition) is 5. The van der Waals surface area contributed by atoms with E-state index in [1.165, 1.54) is 6.92 Å². The predicted octanol–water partition coefficient (Wildman–Crippen LogP) is 3.51. The van der Waals surface area contributed by atoms with Gasteiger partial charge in [-0.1, -0.05) is 30.3 Å². The Hall–Kier alpha value is -3.41. The Morgan fingerprint density at radius 3 is 2.32 bits per heavy atom. The molecule has 0 bridgehead atoms. The SMILES string of the molecule is CC(=O)C(C(=N)c1cccc(CNc2ccc(CCC(=O)O)cc2)c1)=C(C)N. The molecule has 0 unspecified atom stereocenters. The lowest BCUT2D eigenvalue weighted by molar-refractivity contribution is -0.137. The quantitative estimate of drug-likeness (QED) is 0.393. The molecular weight excluding hydrogens is 354 g/mol. The van der Waals surface area contributed by atoms with Crippen LogP contribution in [0.5, 0.6) is 0 Å². The van der Waals surface area contributed by atoms with E-state index in [0.717, 1.165) is 16.8 Å². The van der Waals surface area contributed by atoms with E-state index in [9.17, 15) is 9.59 Å². The highest BCUT2D eigenvalue weighted by atomic mass is 16.4. The van der Waals surface area contributed by atoms with Crippen molar-refractivity contribution in [2.45, 2.75) is 33.2 Å². The lowest BCUT2D eigenvalue weighted by Gasteiger charge is -2.11. The van der Waals surface area contributed by atoms with Crippen LogP contribution in [0.1, 0.15) is 37.0 Å². The van der Waals surface area contributed by atoms with Crippen LogP contribution in [-0.4, -0.2) is 22.6 Å². The number of Topliss-reactive ketones (excluding diaryl/α,β-unsaturated/α-hetero) is 1. The van der Waals surface area contributed by atoms with E-state index in [-0.39, 0.29) is 23.5 Å². The smallest absolute Gasteiger partial charge is 0.303 e. The summed E-state index contributed by atoms with van der Waals surface area (Å²) in [7, 11) is 0. The number of anilines is 1. The van der Waals surface area contributed by atoms with Crippen molar-refractivity contribution in [1.82, 2.24) is 0 Å². The number of ketones is 1. The number of carbonyl (C=O) groups is 2. The fourth-order valence-corrected chi connectivity index (χ4v) is 2.88. The van der Waals surface area contributed by atoms with Crippen molar-refractivity contribution in [3.63, 3.8) is 0 Å². The molecule has 5 N–H and O–H groups in total. The van der Waals surface area contributed by atoms with Gasteiger partial charge in [-0.15, -0.1) is 0 Å². The highest BCUT2D eigenvalue weighted by molar-refractivity contribution is 6.27. The maximum absolute atomic E-state index is 11.8. The van der Waals surface area contributed by atoms with Crippen LogP contribution in [0.2, 0.25) is 0 Å². The topological polar surface area (TPSA) is 116 Å². The Kier molecular flexibility index (Phi) is 7.09. The summed E-state index contributed by atoms with van der Waals surface area (Å²) in [6, 6.07) is 15.1. The minimum absolute atomic E-state index is 0.116. The van der Waals surface area contributed by atoms with Crippen molar-refractivity contribution in [1.29, 1.82) is 5.41 Å². The van der Waals surface area contributed by atoms with Crippen LogP contribution in [-0.2, 0) is 22.6 Å². The molecule has 0 fully saturated rings. The molecule has 0 radical (unpaired) electrons. The normalized spacial score (nSPS) is 11.5. The molecule has 146 valence electrons. The zero-order chi connectivity index (χ0) is 20.7. The van der Waals surface area contributed by atoms with E-state index >= 15 is 0 Å². The standard InChI is InChI=1S/C22H25N3O3/c1-14(23)21(15(2)26)22(24)18-5-3-4-17(12-18)13-25-19-9-6-16(7-10-19)8-11-20(27)28/h3-7,9-10,12,24-25H,8,11,13,23H2,1-2H3,(H,27,28). The summed E-state index contributed by atoms with van der Waals surface area (Å²) in [5.41, 5.74) is 9.97. The maximum Gasteiger partial charge on any atom is 0.303 e. The number of carboxylic acid groups (broad SMARTS) is 1. The van der Waals surface area contributed by atoms with Crippen LogP contribution in [0.15, 0.2) is 59.8 Å². The number of carboxylic acids is 1. The molecule has 0 aromatic heterocycles. The fourth-order valence-electron chi connectivity index (χ4n) is 2.88. The first-order valence-corrected chi connectivity index (χ1v) is 8.98. The zero-order valence-electron chi connectivity index (χ0n) is 16.1. The minimum Gasteiger partial charge on any atom is -0.481 e. The average Bonchev–Trinajstić information content (AvgIpc) is 2.65. The number of hydrogen-bond donors (Lipinski definition) is 4. The summed E-state index contributed by atoms with van der Waals surface area (Å²) in [6.45, 7) is 3.58. The van der Waals surface area contributed by atoms with Crippen molar-refractivity contribution in [2.75, 3.05) is 5.32 Å². The van der Waals surface area contributed by atoms with Gasteiger partial charge in [0.25, 0.3) is 0 Å². The molecule has 0 spiro atoms. The summed E-state index contributed by atoms with van der Waals surface area (Å²) < 4.78 is 0. The molecule has 6 nitrogen and oxygen atoms in total. The van der Waals surface area contributed by atoms with Gasteiger partial charge in [-0.05, 0) is 49.6 Å². The summed E-state index contributed by atoms with van der Waals surface area (Å²) in [4.78, 5) is 22.4. The highest BCUT2D eigenvalue weighted by Crippen LogP contribution is 2.16. The van der Waals surface area contributed by atoms with E-state index in [1.807, 2.05) is 42.5 Å². The minimum atomic E-state index is -0.805. The monoisotopic (exact) mass is 379 g/mol. The molecule has 0 aliphatic rings. The number of allylic oxidation sites excluding steroid dienone is 2. The van der Waals surface area contributed by atoms with E-state index in [4.69, 9.17) is 16.2 Å². The molecule has 0 amide bonds. The lowest BCUT2D eigenvalue weighted by atomic mass is 9.97. The van der Waals surface area contributed by atoms with Crippen molar-refractivity contribution in [3.05, 3.63) is 76.5 Å². The first-order valence-electron chi connectivity index (χ1n) is 8.98. The summed E-state index contributed by atoms with van der Waals surface area (Å²) >= 11 is 0. The van der Waals surface area contributed by atoms with Gasteiger partial charge in [0.1, 0.15) is 0 Å². The molecule has 0 saturated heterocycles. The maximum atomic E-state index is 11.8. The number of aliphatic carboxylic acids is 1. The Morgan fingerprint density at radius 1 is 1.07 bits per heavy atom. The molecule has 0 atom stereocenters. The van der Waals surface area contributed by atoms with Gasteiger partial charge in [0.05, 0.1) is 11.3 Å². The number of benzene rings is 2. The third kappa shape index (κ3) is 5.81. The van der Waals surface area contributed by atoms with Gasteiger partial charge in [0.15, 0.2) is 5.78 Å². The Balaban J connectivity index is 2.05. The molecule has 0 aliphatic carbocycles. The van der Waals surface area contributed by atoms with E-state index in [2.05, 4.69) is 5.32 Å². The molecule has 28 heavy (non-hydrogen) atoms. The van der Waals surface area contributed by atoms with Gasteiger partial charge >= 0.3 is 5.97 Å². The number of carbonyl (C=O) groups excluding carboxylic acids is 1. The van der Waals surface area contributed by atoms with Crippen LogP contribution in [0.25, 0.3) is 0 Å². The first-order chi connectivity index (χ1) is 13.3. The molecule has 0 heterocycles. The molecule has 2 aromatic rings. The van der Waals surface area contributed by atoms with Crippen LogP contribution in [0.4, 0.5) is 5.69 Å². The fraction of sp³-hybridized carbons (Fsp3) is 0.227. The van der Waals surface area contributed by atoms with Crippen molar-refractivity contribution < 1.29 is 14.7 Å². The second kappa shape index (κ2) is 9.50. The van der Waals surface area contributed by atoms with Crippen LogP contribution in [0.3, 0.4) is 0 Å². The third-order valence-electron chi connectivity index (χ3n) is 4.29. The highest BCUT2D eigenvalue weighted by Gasteiger charge is 2.15. The summed E-state index contributed by atoms with van der Waals surface area (Å²) in [5.74, 6) is -1.03. The lowest BCUT2D eigenvalue weighted by Crippen LogP contribution is -2.16. The van der Waals surface area contributed by atoms with Gasteiger partial charge in [-0.25, -0.2) is 0 Å². The van der Waals surface area contributed by atoms with Crippen LogP contribution >= 0.6 is 0 Å². The van der Waals surface area contributed by atoms with Crippen molar-refractivity contribution >= 4 is 23.2 Å². The van der Waals surface area contributed by atoms with E-state index < -0.39 is 5.97 Å². The Bertz CT molecular complexity index is 911. The number of nitrogens with one attached hydrogen (secondary N) is 2. The van der Waals surface area contributed by atoms with Crippen molar-refractivity contribution in [2.24, 2.45) is 5.73 Å². The molecule has 2 aromatic carbocycles. The Morgan fingerprint density at radius 2 is 1.75 bits per heavy atom. The number of rotatable bonds is 9. The van der Waals surface area contributed by atoms with E-state index in [0.29, 0.717) is 24.2 Å². The first kappa shape index (κ1) is 20.9. The van der Waals surface area contributed by atoms with Crippen LogP contribution in [0, 0.1) is 5.41 Å². The molecule has 2 rings (SSSR count). The van der Waals surface area contributed by atoms with Gasteiger partial charge < -0.3 is 16.2 Å². The second-order valence-corrected chi connectivity index (χ2v) is 6.63. The number of aryl methyl sites for hydroxylation is 1. The van der Waals surface area contributed by atoms with Gasteiger partial charge in [0.2, 0.25) is 0 Å². The molecular formula is C22H25N3O3. The predicted molar refractivity (Wildman–Crippen MR) is 111 cm³/mol. The zero-order valence-corrected chi connectivity index (χ0v) is 16.1. The van der Waals surface area contributed by atoms with Crippen molar-refractivity contribution in [3.8, 4) is 0 Å². The third-order valence-corrected chi connectivity index (χ3v) is 4.29. The van der Waals surface area contributed by atoms with Gasteiger partial charge in [-0.2, -0.15) is 0 Å².